The normalized spacial score (nSPS) is 11.4. The summed E-state index contributed by atoms with van der Waals surface area (Å²) in [5.74, 6) is 0.177. The first kappa shape index (κ1) is 11.0. The largest absolute Gasteiger partial charge is 0.480 e. The molecule has 1 rings (SSSR count). The van der Waals surface area contributed by atoms with Crippen LogP contribution in [-0.2, 0) is 10.7 Å². The van der Waals surface area contributed by atoms with Gasteiger partial charge in [0, 0.05) is 0 Å². The molecule has 0 fully saturated rings. The molecule has 0 unspecified atom stereocenters. The number of aromatic nitrogens is 1. The van der Waals surface area contributed by atoms with E-state index < -0.39 is 13.8 Å². The molecular formula is C7H11N2O4P. The molecule has 0 aliphatic rings. The average Bonchev–Trinajstić information content (AvgIpc) is 2.06. The van der Waals surface area contributed by atoms with Crippen LogP contribution < -0.4 is 10.5 Å². The van der Waals surface area contributed by atoms with Crippen molar-refractivity contribution in [1.82, 2.24) is 4.98 Å². The number of pyridine rings is 1. The lowest BCUT2D eigenvalue weighted by atomic mass is 10.3. The van der Waals surface area contributed by atoms with Crippen LogP contribution in [0.4, 0.5) is 5.69 Å². The Balaban J connectivity index is 2.96. The highest BCUT2D eigenvalue weighted by Gasteiger charge is 2.16. The monoisotopic (exact) mass is 218 g/mol. The molecule has 1 aromatic rings. The Morgan fingerprint density at radius 3 is 2.71 bits per heavy atom. The second kappa shape index (κ2) is 3.96. The lowest BCUT2D eigenvalue weighted by Crippen LogP contribution is -1.99. The number of rotatable bonds is 3. The van der Waals surface area contributed by atoms with E-state index in [0.29, 0.717) is 5.69 Å². The Morgan fingerprint density at radius 1 is 1.57 bits per heavy atom. The molecule has 7 heteroatoms. The number of anilines is 1. The fourth-order valence-corrected chi connectivity index (χ4v) is 1.55. The van der Waals surface area contributed by atoms with Crippen LogP contribution in [0.2, 0.25) is 0 Å². The molecule has 78 valence electrons. The van der Waals surface area contributed by atoms with Crippen molar-refractivity contribution in [3.05, 3.63) is 17.8 Å². The zero-order chi connectivity index (χ0) is 10.8. The van der Waals surface area contributed by atoms with E-state index in [2.05, 4.69) is 4.98 Å². The molecule has 0 aliphatic carbocycles. The van der Waals surface area contributed by atoms with Gasteiger partial charge in [0.15, 0.2) is 0 Å². The van der Waals surface area contributed by atoms with Gasteiger partial charge in [0.25, 0.3) is 0 Å². The van der Waals surface area contributed by atoms with Crippen LogP contribution in [0.15, 0.2) is 12.1 Å². The van der Waals surface area contributed by atoms with Crippen molar-refractivity contribution in [2.75, 3.05) is 12.8 Å². The first-order chi connectivity index (χ1) is 6.42. The summed E-state index contributed by atoms with van der Waals surface area (Å²) in [6.45, 7) is 0. The van der Waals surface area contributed by atoms with E-state index in [1.165, 1.54) is 19.2 Å². The number of hydrogen-bond acceptors (Lipinski definition) is 4. The Labute approximate surface area is 80.9 Å². The molecular weight excluding hydrogens is 207 g/mol. The maximum absolute atomic E-state index is 10.7. The van der Waals surface area contributed by atoms with Crippen molar-refractivity contribution in [3.8, 4) is 5.88 Å². The summed E-state index contributed by atoms with van der Waals surface area (Å²) in [6, 6.07) is 2.95. The summed E-state index contributed by atoms with van der Waals surface area (Å²) in [5, 5.41) is 0. The van der Waals surface area contributed by atoms with Crippen LogP contribution in [0.25, 0.3) is 0 Å². The molecule has 0 atom stereocenters. The average molecular weight is 218 g/mol. The lowest BCUT2D eigenvalue weighted by molar-refractivity contribution is 0.370. The minimum absolute atomic E-state index is 0.177. The second-order valence-corrected chi connectivity index (χ2v) is 4.37. The van der Waals surface area contributed by atoms with Crippen molar-refractivity contribution in [2.24, 2.45) is 0 Å². The van der Waals surface area contributed by atoms with Crippen LogP contribution in [0.5, 0.6) is 5.88 Å². The SMILES string of the molecule is COc1nc(CP(=O)(O)O)ccc1N. The Hall–Kier alpha value is -1.10. The Kier molecular flexibility index (Phi) is 3.10. The van der Waals surface area contributed by atoms with E-state index in [0.717, 1.165) is 0 Å². The van der Waals surface area contributed by atoms with Crippen LogP contribution in [0, 0.1) is 0 Å². The van der Waals surface area contributed by atoms with Gasteiger partial charge in [-0.25, -0.2) is 4.98 Å². The van der Waals surface area contributed by atoms with Gasteiger partial charge in [-0.2, -0.15) is 0 Å². The summed E-state index contributed by atoms with van der Waals surface area (Å²) in [4.78, 5) is 21.2. The van der Waals surface area contributed by atoms with Gasteiger partial charge in [0.1, 0.15) is 0 Å². The lowest BCUT2D eigenvalue weighted by Gasteiger charge is -2.06. The van der Waals surface area contributed by atoms with Crippen LogP contribution >= 0.6 is 7.60 Å². The highest BCUT2D eigenvalue weighted by Crippen LogP contribution is 2.39. The maximum atomic E-state index is 10.7. The zero-order valence-electron chi connectivity index (χ0n) is 7.54. The smallest absolute Gasteiger partial charge is 0.331 e. The predicted molar refractivity (Wildman–Crippen MR) is 50.9 cm³/mol. The number of methoxy groups -OCH3 is 1. The van der Waals surface area contributed by atoms with Gasteiger partial charge in [-0.05, 0) is 12.1 Å². The quantitative estimate of drug-likeness (QED) is 0.632. The molecule has 0 saturated heterocycles. The van der Waals surface area contributed by atoms with Gasteiger partial charge in [0.2, 0.25) is 5.88 Å². The van der Waals surface area contributed by atoms with Crippen molar-refractivity contribution >= 4 is 13.3 Å². The van der Waals surface area contributed by atoms with E-state index in [-0.39, 0.29) is 11.6 Å². The number of nitrogen functional groups attached to an aromatic ring is 1. The Morgan fingerprint density at radius 2 is 2.21 bits per heavy atom. The van der Waals surface area contributed by atoms with E-state index in [1.807, 2.05) is 0 Å². The van der Waals surface area contributed by atoms with Crippen molar-refractivity contribution in [3.63, 3.8) is 0 Å². The third kappa shape index (κ3) is 2.99. The van der Waals surface area contributed by atoms with Crippen molar-refractivity contribution in [2.45, 2.75) is 6.16 Å². The fourth-order valence-electron chi connectivity index (χ4n) is 0.952. The molecule has 0 bridgehead atoms. The number of nitrogens with two attached hydrogens (primary N) is 1. The second-order valence-electron chi connectivity index (χ2n) is 2.72. The van der Waals surface area contributed by atoms with E-state index >= 15 is 0 Å². The molecule has 14 heavy (non-hydrogen) atoms. The molecule has 4 N–H and O–H groups in total. The number of hydrogen-bond donors (Lipinski definition) is 3. The maximum Gasteiger partial charge on any atom is 0.331 e. The summed E-state index contributed by atoms with van der Waals surface area (Å²) < 4.78 is 15.5. The molecule has 0 spiro atoms. The van der Waals surface area contributed by atoms with Gasteiger partial charge >= 0.3 is 7.60 Å². The standard InChI is InChI=1S/C7H11N2O4P/c1-13-7-6(8)3-2-5(9-7)4-14(10,11)12/h2-3H,4,8H2,1H3,(H2,10,11,12). The zero-order valence-corrected chi connectivity index (χ0v) is 8.44. The van der Waals surface area contributed by atoms with Gasteiger partial charge in [0.05, 0.1) is 24.7 Å². The summed E-state index contributed by atoms with van der Waals surface area (Å²) in [5.41, 5.74) is 6.07. The third-order valence-electron chi connectivity index (χ3n) is 1.51. The molecule has 0 saturated carbocycles. The molecule has 1 aromatic heterocycles. The Bertz CT molecular complexity index is 376. The molecule has 0 amide bonds. The van der Waals surface area contributed by atoms with E-state index in [9.17, 15) is 4.57 Å². The fraction of sp³-hybridized carbons (Fsp3) is 0.286. The molecule has 0 radical (unpaired) electrons. The highest BCUT2D eigenvalue weighted by atomic mass is 31.2. The van der Waals surface area contributed by atoms with E-state index in [4.69, 9.17) is 20.3 Å². The molecule has 0 aliphatic heterocycles. The minimum atomic E-state index is -4.09. The number of ether oxygens (including phenoxy) is 1. The van der Waals surface area contributed by atoms with Crippen molar-refractivity contribution < 1.29 is 19.1 Å². The number of nitrogens with zero attached hydrogens (tertiary/aromatic N) is 1. The van der Waals surface area contributed by atoms with Crippen LogP contribution in [0.3, 0.4) is 0 Å². The summed E-state index contributed by atoms with van der Waals surface area (Å²) >= 11 is 0. The highest BCUT2D eigenvalue weighted by molar-refractivity contribution is 7.50. The van der Waals surface area contributed by atoms with Crippen LogP contribution in [-0.4, -0.2) is 21.9 Å². The van der Waals surface area contributed by atoms with Gasteiger partial charge in [-0.3, -0.25) is 4.57 Å². The summed E-state index contributed by atoms with van der Waals surface area (Å²) in [7, 11) is -2.70. The molecule has 0 aromatic carbocycles. The van der Waals surface area contributed by atoms with Gasteiger partial charge in [-0.15, -0.1) is 0 Å². The third-order valence-corrected chi connectivity index (χ3v) is 2.24. The van der Waals surface area contributed by atoms with Gasteiger partial charge < -0.3 is 20.3 Å². The van der Waals surface area contributed by atoms with Crippen molar-refractivity contribution in [1.29, 1.82) is 0 Å². The summed E-state index contributed by atoms with van der Waals surface area (Å²) in [6.07, 6.45) is -0.413. The topological polar surface area (TPSA) is 106 Å². The van der Waals surface area contributed by atoms with Crippen LogP contribution in [0.1, 0.15) is 5.69 Å². The molecule has 1 heterocycles. The predicted octanol–water partition coefficient (Wildman–Crippen LogP) is 0.350. The first-order valence-corrected chi connectivity index (χ1v) is 5.56. The van der Waals surface area contributed by atoms with Gasteiger partial charge in [-0.1, -0.05) is 0 Å². The molecule has 6 nitrogen and oxygen atoms in total. The minimum Gasteiger partial charge on any atom is -0.480 e. The van der Waals surface area contributed by atoms with E-state index in [1.54, 1.807) is 0 Å². The first-order valence-electron chi connectivity index (χ1n) is 3.76.